The molecule has 0 fully saturated rings. The van der Waals surface area contributed by atoms with Crippen LogP contribution in [0.15, 0.2) is 42.5 Å². The summed E-state index contributed by atoms with van der Waals surface area (Å²) in [6.45, 7) is 2.74. The van der Waals surface area contributed by atoms with Crippen molar-refractivity contribution < 1.29 is 14.3 Å². The first-order valence-corrected chi connectivity index (χ1v) is 10.2. The number of amides is 2. The highest BCUT2D eigenvalue weighted by Gasteiger charge is 2.36. The largest absolute Gasteiger partial charge is 0.489 e. The maximum absolute atomic E-state index is 12.8. The Morgan fingerprint density at radius 1 is 1.22 bits per heavy atom. The second kappa shape index (κ2) is 8.57. The molecular formula is C21H23BrN2O3. The van der Waals surface area contributed by atoms with Crippen LogP contribution in [0.3, 0.4) is 0 Å². The van der Waals surface area contributed by atoms with E-state index in [1.165, 1.54) is 5.56 Å². The SMILES string of the molecule is CCCC(C(N)=O)N1Cc2c(OCc3ccc(CBr)cc3)cccc2C1=O. The molecule has 1 atom stereocenters. The molecule has 0 saturated carbocycles. The zero-order valence-electron chi connectivity index (χ0n) is 15.3. The lowest BCUT2D eigenvalue weighted by Crippen LogP contribution is -2.44. The first-order chi connectivity index (χ1) is 13.0. The number of primary amides is 1. The number of carbonyl (C=O) groups is 2. The minimum absolute atomic E-state index is 0.158. The van der Waals surface area contributed by atoms with Gasteiger partial charge in [-0.3, -0.25) is 9.59 Å². The van der Waals surface area contributed by atoms with Crippen LogP contribution >= 0.6 is 15.9 Å². The highest BCUT2D eigenvalue weighted by atomic mass is 79.9. The van der Waals surface area contributed by atoms with Crippen molar-refractivity contribution in [2.75, 3.05) is 0 Å². The standard InChI is InChI=1S/C21H23BrN2O3/c1-2-4-18(20(23)25)24-12-17-16(21(24)26)5-3-6-19(17)27-13-15-9-7-14(11-22)8-10-15/h3,5-10,18H,2,4,11-13H2,1H3,(H2,23,25). The van der Waals surface area contributed by atoms with Crippen molar-refractivity contribution >= 4 is 27.7 Å². The van der Waals surface area contributed by atoms with Crippen molar-refractivity contribution in [3.05, 3.63) is 64.7 Å². The van der Waals surface area contributed by atoms with Gasteiger partial charge in [0.2, 0.25) is 5.91 Å². The molecule has 0 spiro atoms. The highest BCUT2D eigenvalue weighted by Crippen LogP contribution is 2.33. The molecule has 2 amide bonds. The van der Waals surface area contributed by atoms with Crippen LogP contribution in [0.25, 0.3) is 0 Å². The lowest BCUT2D eigenvalue weighted by Gasteiger charge is -2.24. The summed E-state index contributed by atoms with van der Waals surface area (Å²) >= 11 is 3.43. The minimum Gasteiger partial charge on any atom is -0.489 e. The second-order valence-corrected chi connectivity index (χ2v) is 7.22. The number of fused-ring (bicyclic) bond motifs is 1. The van der Waals surface area contributed by atoms with E-state index >= 15 is 0 Å². The van der Waals surface area contributed by atoms with E-state index < -0.39 is 11.9 Å². The molecule has 1 unspecified atom stereocenters. The Balaban J connectivity index is 1.77. The Morgan fingerprint density at radius 2 is 1.93 bits per heavy atom. The number of ether oxygens (including phenoxy) is 1. The van der Waals surface area contributed by atoms with Crippen LogP contribution in [0.1, 0.15) is 46.8 Å². The predicted molar refractivity (Wildman–Crippen MR) is 108 cm³/mol. The summed E-state index contributed by atoms with van der Waals surface area (Å²) in [4.78, 5) is 26.2. The summed E-state index contributed by atoms with van der Waals surface area (Å²) < 4.78 is 6.00. The number of carbonyl (C=O) groups excluding carboxylic acids is 2. The molecule has 0 saturated heterocycles. The number of hydrogen-bond acceptors (Lipinski definition) is 3. The summed E-state index contributed by atoms with van der Waals surface area (Å²) in [6, 6.07) is 13.0. The molecule has 3 rings (SSSR count). The molecule has 1 aliphatic heterocycles. The number of halogens is 1. The molecular weight excluding hydrogens is 408 g/mol. The van der Waals surface area contributed by atoms with Gasteiger partial charge in [-0.2, -0.15) is 0 Å². The van der Waals surface area contributed by atoms with Gasteiger partial charge in [0.15, 0.2) is 0 Å². The highest BCUT2D eigenvalue weighted by molar-refractivity contribution is 9.08. The molecule has 2 N–H and O–H groups in total. The monoisotopic (exact) mass is 430 g/mol. The van der Waals surface area contributed by atoms with E-state index in [0.29, 0.717) is 30.9 Å². The van der Waals surface area contributed by atoms with Gasteiger partial charge in [-0.15, -0.1) is 0 Å². The molecule has 27 heavy (non-hydrogen) atoms. The van der Waals surface area contributed by atoms with E-state index in [1.807, 2.05) is 31.2 Å². The lowest BCUT2D eigenvalue weighted by atomic mass is 10.1. The van der Waals surface area contributed by atoms with Gasteiger partial charge in [0, 0.05) is 16.5 Å². The molecule has 0 bridgehead atoms. The average molecular weight is 431 g/mol. The van der Waals surface area contributed by atoms with Crippen molar-refractivity contribution in [1.29, 1.82) is 0 Å². The Hall–Kier alpha value is -2.34. The van der Waals surface area contributed by atoms with Crippen LogP contribution < -0.4 is 10.5 Å². The Bertz CT molecular complexity index is 836. The lowest BCUT2D eigenvalue weighted by molar-refractivity contribution is -0.122. The molecule has 2 aromatic carbocycles. The smallest absolute Gasteiger partial charge is 0.255 e. The molecule has 1 aliphatic rings. The molecule has 142 valence electrons. The van der Waals surface area contributed by atoms with Gasteiger partial charge in [-0.25, -0.2) is 0 Å². The van der Waals surface area contributed by atoms with Crippen LogP contribution in [-0.2, 0) is 23.3 Å². The summed E-state index contributed by atoms with van der Waals surface area (Å²) in [5.41, 5.74) is 9.20. The Labute approximate surface area is 167 Å². The maximum Gasteiger partial charge on any atom is 0.255 e. The van der Waals surface area contributed by atoms with E-state index in [9.17, 15) is 9.59 Å². The fourth-order valence-electron chi connectivity index (χ4n) is 3.32. The third kappa shape index (κ3) is 4.16. The van der Waals surface area contributed by atoms with E-state index in [2.05, 4.69) is 28.1 Å². The summed E-state index contributed by atoms with van der Waals surface area (Å²) in [7, 11) is 0. The molecule has 2 aromatic rings. The zero-order valence-corrected chi connectivity index (χ0v) is 16.9. The van der Waals surface area contributed by atoms with Gasteiger partial charge >= 0.3 is 0 Å². The zero-order chi connectivity index (χ0) is 19.4. The predicted octanol–water partition coefficient (Wildman–Crippen LogP) is 3.77. The molecule has 6 heteroatoms. The van der Waals surface area contributed by atoms with Gasteiger partial charge in [0.25, 0.3) is 5.91 Å². The maximum atomic E-state index is 12.8. The fourth-order valence-corrected chi connectivity index (χ4v) is 3.70. The van der Waals surface area contributed by atoms with E-state index in [4.69, 9.17) is 10.5 Å². The van der Waals surface area contributed by atoms with Gasteiger partial charge in [-0.1, -0.05) is 59.6 Å². The third-order valence-electron chi connectivity index (χ3n) is 4.79. The van der Waals surface area contributed by atoms with Crippen molar-refractivity contribution in [2.24, 2.45) is 5.73 Å². The quantitative estimate of drug-likeness (QED) is 0.647. The van der Waals surface area contributed by atoms with Gasteiger partial charge in [0.05, 0.1) is 6.54 Å². The molecule has 5 nitrogen and oxygen atoms in total. The topological polar surface area (TPSA) is 72.6 Å². The molecule has 0 aliphatic carbocycles. The number of nitrogens with two attached hydrogens (primary N) is 1. The van der Waals surface area contributed by atoms with Crippen molar-refractivity contribution in [2.45, 2.75) is 44.3 Å². The van der Waals surface area contributed by atoms with E-state index in [1.54, 1.807) is 11.0 Å². The summed E-state index contributed by atoms with van der Waals surface area (Å²) in [5, 5.41) is 0.817. The number of benzene rings is 2. The summed E-state index contributed by atoms with van der Waals surface area (Å²) in [6.07, 6.45) is 1.34. The van der Waals surface area contributed by atoms with Crippen LogP contribution in [0.5, 0.6) is 5.75 Å². The third-order valence-corrected chi connectivity index (χ3v) is 5.44. The molecule has 0 aromatic heterocycles. The average Bonchev–Trinajstić information content (AvgIpc) is 3.01. The van der Waals surface area contributed by atoms with E-state index in [-0.39, 0.29) is 5.91 Å². The van der Waals surface area contributed by atoms with Crippen molar-refractivity contribution in [3.8, 4) is 5.75 Å². The molecule has 0 radical (unpaired) electrons. The van der Waals surface area contributed by atoms with Gasteiger partial charge in [-0.05, 0) is 29.7 Å². The number of rotatable bonds is 8. The van der Waals surface area contributed by atoms with Gasteiger partial charge < -0.3 is 15.4 Å². The normalized spacial score (nSPS) is 14.1. The first kappa shape index (κ1) is 19.4. The number of hydrogen-bond donors (Lipinski definition) is 1. The number of alkyl halides is 1. The second-order valence-electron chi connectivity index (χ2n) is 6.66. The number of nitrogens with zero attached hydrogens (tertiary/aromatic N) is 1. The minimum atomic E-state index is -0.584. The van der Waals surface area contributed by atoms with Crippen LogP contribution in [0.2, 0.25) is 0 Å². The Morgan fingerprint density at radius 3 is 2.56 bits per heavy atom. The van der Waals surface area contributed by atoms with Crippen LogP contribution in [0, 0.1) is 0 Å². The Kier molecular flexibility index (Phi) is 6.16. The first-order valence-electron chi connectivity index (χ1n) is 9.04. The van der Waals surface area contributed by atoms with Gasteiger partial charge in [0.1, 0.15) is 18.4 Å². The fraction of sp³-hybridized carbons (Fsp3) is 0.333. The summed E-state index contributed by atoms with van der Waals surface area (Å²) in [5.74, 6) is 0.0503. The van der Waals surface area contributed by atoms with Crippen LogP contribution in [0.4, 0.5) is 0 Å². The van der Waals surface area contributed by atoms with E-state index in [0.717, 1.165) is 22.9 Å². The van der Waals surface area contributed by atoms with Crippen molar-refractivity contribution in [1.82, 2.24) is 4.90 Å². The van der Waals surface area contributed by atoms with Crippen molar-refractivity contribution in [3.63, 3.8) is 0 Å². The molecule has 1 heterocycles. The van der Waals surface area contributed by atoms with Crippen LogP contribution in [-0.4, -0.2) is 22.8 Å².